The zero-order valence-corrected chi connectivity index (χ0v) is 11.5. The summed E-state index contributed by atoms with van der Waals surface area (Å²) < 4.78 is 2.73. The second-order valence-corrected chi connectivity index (χ2v) is 4.87. The molecule has 0 bridgehead atoms. The normalized spacial score (nSPS) is 10.6. The van der Waals surface area contributed by atoms with Gasteiger partial charge in [0.15, 0.2) is 5.69 Å². The van der Waals surface area contributed by atoms with E-state index in [0.29, 0.717) is 6.54 Å². The maximum atomic E-state index is 11.0. The minimum atomic E-state index is -0.997. The van der Waals surface area contributed by atoms with E-state index in [1.807, 2.05) is 31.2 Å². The highest BCUT2D eigenvalue weighted by Gasteiger charge is 2.13. The van der Waals surface area contributed by atoms with E-state index in [4.69, 9.17) is 5.11 Å². The second kappa shape index (κ2) is 5.35. The summed E-state index contributed by atoms with van der Waals surface area (Å²) in [6, 6.07) is 9.36. The Bertz CT molecular complexity index is 561. The Balaban J connectivity index is 2.47. The Morgan fingerprint density at radius 1 is 1.39 bits per heavy atom. The van der Waals surface area contributed by atoms with Crippen LogP contribution in [0, 0.1) is 0 Å². The van der Waals surface area contributed by atoms with E-state index in [1.165, 1.54) is 0 Å². The first-order chi connectivity index (χ1) is 8.61. The third-order valence-electron chi connectivity index (χ3n) is 2.57. The van der Waals surface area contributed by atoms with Gasteiger partial charge in [-0.2, -0.15) is 5.10 Å². The highest BCUT2D eigenvalue weighted by molar-refractivity contribution is 9.10. The molecule has 0 atom stereocenters. The number of carboxylic acids is 1. The van der Waals surface area contributed by atoms with Gasteiger partial charge in [0, 0.05) is 11.0 Å². The average molecular weight is 309 g/mol. The van der Waals surface area contributed by atoms with Gasteiger partial charge in [-0.3, -0.25) is 4.68 Å². The molecule has 4 nitrogen and oxygen atoms in total. The summed E-state index contributed by atoms with van der Waals surface area (Å²) >= 11 is 3.38. The molecule has 1 N–H and O–H groups in total. The summed E-state index contributed by atoms with van der Waals surface area (Å²) in [5, 5.41) is 13.1. The molecule has 1 aromatic carbocycles. The van der Waals surface area contributed by atoms with Crippen molar-refractivity contribution in [1.29, 1.82) is 0 Å². The molecule has 2 aromatic rings. The number of aromatic nitrogens is 2. The number of hydrogen-bond acceptors (Lipinski definition) is 2. The fourth-order valence-electron chi connectivity index (χ4n) is 1.76. The summed E-state index contributed by atoms with van der Waals surface area (Å²) in [6.45, 7) is 2.74. The number of carbonyl (C=O) groups is 1. The van der Waals surface area contributed by atoms with E-state index in [-0.39, 0.29) is 5.69 Å². The standard InChI is InChI=1S/C13H13BrN2O2/c1-2-7-16-12(8-11(15-16)13(17)18)9-3-5-10(14)6-4-9/h3-6,8H,2,7H2,1H3,(H,17,18). The molecule has 1 heterocycles. The molecule has 5 heteroatoms. The van der Waals surface area contributed by atoms with Gasteiger partial charge in [-0.1, -0.05) is 35.0 Å². The fraction of sp³-hybridized carbons (Fsp3) is 0.231. The molecule has 94 valence electrons. The van der Waals surface area contributed by atoms with Gasteiger partial charge >= 0.3 is 5.97 Å². The van der Waals surface area contributed by atoms with Gasteiger partial charge in [0.05, 0.1) is 5.69 Å². The lowest BCUT2D eigenvalue weighted by atomic mass is 10.1. The zero-order valence-electron chi connectivity index (χ0n) is 9.93. The van der Waals surface area contributed by atoms with Gasteiger partial charge in [-0.25, -0.2) is 4.79 Å². The molecule has 1 aromatic heterocycles. The van der Waals surface area contributed by atoms with Crippen molar-refractivity contribution in [3.05, 3.63) is 40.5 Å². The summed E-state index contributed by atoms with van der Waals surface area (Å²) in [6.07, 6.45) is 0.907. The van der Waals surface area contributed by atoms with Crippen LogP contribution in [0.2, 0.25) is 0 Å². The van der Waals surface area contributed by atoms with Crippen LogP contribution in [0.4, 0.5) is 0 Å². The number of halogens is 1. The van der Waals surface area contributed by atoms with Crippen molar-refractivity contribution >= 4 is 21.9 Å². The molecule has 2 rings (SSSR count). The van der Waals surface area contributed by atoms with E-state index in [1.54, 1.807) is 10.7 Å². The van der Waals surface area contributed by atoms with E-state index in [2.05, 4.69) is 21.0 Å². The third kappa shape index (κ3) is 2.61. The molecule has 0 aliphatic heterocycles. The Hall–Kier alpha value is -1.62. The van der Waals surface area contributed by atoms with Crippen molar-refractivity contribution in [2.45, 2.75) is 19.9 Å². The number of aromatic carboxylic acids is 1. The summed E-state index contributed by atoms with van der Waals surface area (Å²) in [7, 11) is 0. The lowest BCUT2D eigenvalue weighted by Gasteiger charge is -2.05. The molecule has 0 amide bonds. The van der Waals surface area contributed by atoms with Crippen LogP contribution in [0.5, 0.6) is 0 Å². The number of nitrogens with zero attached hydrogens (tertiary/aromatic N) is 2. The molecule has 0 fully saturated rings. The highest BCUT2D eigenvalue weighted by atomic mass is 79.9. The number of rotatable bonds is 4. The summed E-state index contributed by atoms with van der Waals surface area (Å²) in [5.74, 6) is -0.997. The van der Waals surface area contributed by atoms with E-state index in [0.717, 1.165) is 22.2 Å². The topological polar surface area (TPSA) is 55.1 Å². The van der Waals surface area contributed by atoms with Crippen LogP contribution >= 0.6 is 15.9 Å². The smallest absolute Gasteiger partial charge is 0.356 e. The maximum Gasteiger partial charge on any atom is 0.356 e. The number of hydrogen-bond donors (Lipinski definition) is 1. The average Bonchev–Trinajstić information content (AvgIpc) is 2.75. The van der Waals surface area contributed by atoms with E-state index in [9.17, 15) is 4.79 Å². The van der Waals surface area contributed by atoms with Crippen LogP contribution in [0.3, 0.4) is 0 Å². The number of benzene rings is 1. The van der Waals surface area contributed by atoms with Crippen LogP contribution in [0.15, 0.2) is 34.8 Å². The third-order valence-corrected chi connectivity index (χ3v) is 3.10. The van der Waals surface area contributed by atoms with Crippen molar-refractivity contribution in [3.8, 4) is 11.3 Å². The van der Waals surface area contributed by atoms with Crippen LogP contribution in [0.1, 0.15) is 23.8 Å². The molecule has 0 aliphatic rings. The minimum Gasteiger partial charge on any atom is -0.476 e. The van der Waals surface area contributed by atoms with Crippen LogP contribution in [-0.2, 0) is 6.54 Å². The lowest BCUT2D eigenvalue weighted by Crippen LogP contribution is -2.03. The first-order valence-electron chi connectivity index (χ1n) is 5.69. The van der Waals surface area contributed by atoms with E-state index < -0.39 is 5.97 Å². The highest BCUT2D eigenvalue weighted by Crippen LogP contribution is 2.23. The predicted molar refractivity (Wildman–Crippen MR) is 72.6 cm³/mol. The minimum absolute atomic E-state index is 0.0846. The van der Waals surface area contributed by atoms with Gasteiger partial charge in [0.1, 0.15) is 0 Å². The second-order valence-electron chi connectivity index (χ2n) is 3.95. The fourth-order valence-corrected chi connectivity index (χ4v) is 2.02. The first kappa shape index (κ1) is 12.8. The molecule has 18 heavy (non-hydrogen) atoms. The quantitative estimate of drug-likeness (QED) is 0.941. The maximum absolute atomic E-state index is 11.0. The van der Waals surface area contributed by atoms with Crippen molar-refractivity contribution in [2.24, 2.45) is 0 Å². The van der Waals surface area contributed by atoms with Gasteiger partial charge in [-0.05, 0) is 30.2 Å². The van der Waals surface area contributed by atoms with Gasteiger partial charge in [0.2, 0.25) is 0 Å². The molecule has 0 spiro atoms. The van der Waals surface area contributed by atoms with Gasteiger partial charge < -0.3 is 5.11 Å². The molecular formula is C13H13BrN2O2. The van der Waals surface area contributed by atoms with E-state index >= 15 is 0 Å². The Kier molecular flexibility index (Phi) is 3.81. The van der Waals surface area contributed by atoms with Crippen LogP contribution in [0.25, 0.3) is 11.3 Å². The molecule has 0 aliphatic carbocycles. The summed E-state index contributed by atoms with van der Waals surface area (Å²) in [5.41, 5.74) is 1.88. The zero-order chi connectivity index (χ0) is 13.1. The number of aryl methyl sites for hydroxylation is 1. The van der Waals surface area contributed by atoms with Crippen molar-refractivity contribution in [1.82, 2.24) is 9.78 Å². The van der Waals surface area contributed by atoms with Gasteiger partial charge in [-0.15, -0.1) is 0 Å². The molecule has 0 radical (unpaired) electrons. The SMILES string of the molecule is CCCn1nc(C(=O)O)cc1-c1ccc(Br)cc1. The largest absolute Gasteiger partial charge is 0.476 e. The van der Waals surface area contributed by atoms with Crippen LogP contribution in [-0.4, -0.2) is 20.9 Å². The molecule has 0 saturated carbocycles. The Morgan fingerprint density at radius 2 is 2.06 bits per heavy atom. The van der Waals surface area contributed by atoms with Crippen molar-refractivity contribution < 1.29 is 9.90 Å². The first-order valence-corrected chi connectivity index (χ1v) is 6.48. The number of carboxylic acid groups (broad SMARTS) is 1. The monoisotopic (exact) mass is 308 g/mol. The Morgan fingerprint density at radius 3 is 2.61 bits per heavy atom. The lowest BCUT2D eigenvalue weighted by molar-refractivity contribution is 0.0689. The Labute approximate surface area is 113 Å². The van der Waals surface area contributed by atoms with Crippen molar-refractivity contribution in [3.63, 3.8) is 0 Å². The molecule has 0 unspecified atom stereocenters. The van der Waals surface area contributed by atoms with Crippen molar-refractivity contribution in [2.75, 3.05) is 0 Å². The molecule has 0 saturated heterocycles. The van der Waals surface area contributed by atoms with Gasteiger partial charge in [0.25, 0.3) is 0 Å². The van der Waals surface area contributed by atoms with Crippen LogP contribution < -0.4 is 0 Å². The molecular weight excluding hydrogens is 296 g/mol. The predicted octanol–water partition coefficient (Wildman–Crippen LogP) is 3.42. The summed E-state index contributed by atoms with van der Waals surface area (Å²) in [4.78, 5) is 11.0.